The van der Waals surface area contributed by atoms with Gasteiger partial charge in [-0.2, -0.15) is 4.31 Å². The second kappa shape index (κ2) is 12.1. The number of thiazole rings is 1. The number of piperazine rings is 1. The molecule has 4 aromatic rings. The van der Waals surface area contributed by atoms with E-state index < -0.39 is 22.0 Å². The van der Waals surface area contributed by atoms with Crippen LogP contribution in [0.3, 0.4) is 0 Å². The van der Waals surface area contributed by atoms with Gasteiger partial charge in [-0.05, 0) is 55.5 Å². The highest BCUT2D eigenvalue weighted by atomic mass is 35.5. The van der Waals surface area contributed by atoms with Crippen LogP contribution in [0.5, 0.6) is 5.75 Å². The van der Waals surface area contributed by atoms with Crippen molar-refractivity contribution in [1.29, 1.82) is 0 Å². The van der Waals surface area contributed by atoms with Crippen LogP contribution in [0.25, 0.3) is 10.2 Å². The molecule has 0 spiro atoms. The smallest absolute Gasteiger partial charge is 0.409 e. The van der Waals surface area contributed by atoms with E-state index in [1.165, 1.54) is 63.1 Å². The molecule has 2 aromatic heterocycles. The van der Waals surface area contributed by atoms with E-state index in [9.17, 15) is 18.0 Å². The number of amides is 2. The number of fused-ring (bicyclic) bond motifs is 1. The van der Waals surface area contributed by atoms with Gasteiger partial charge in [0.15, 0.2) is 5.13 Å². The van der Waals surface area contributed by atoms with Crippen LogP contribution in [-0.4, -0.2) is 74.5 Å². The highest BCUT2D eigenvalue weighted by molar-refractivity contribution is 7.89. The van der Waals surface area contributed by atoms with Crippen molar-refractivity contribution in [2.75, 3.05) is 44.8 Å². The molecule has 3 heterocycles. The maximum atomic E-state index is 13.8. The number of methoxy groups -OCH3 is 1. The molecule has 1 saturated heterocycles. The lowest BCUT2D eigenvalue weighted by Gasteiger charge is -2.33. The predicted molar refractivity (Wildman–Crippen MR) is 154 cm³/mol. The molecule has 2 amide bonds. The average molecular weight is 619 g/mol. The number of carbonyl (C=O) groups excluding carboxylic acids is 2. The third-order valence-electron chi connectivity index (χ3n) is 6.54. The van der Waals surface area contributed by atoms with Crippen molar-refractivity contribution < 1.29 is 31.9 Å². The molecule has 1 fully saturated rings. The van der Waals surface area contributed by atoms with Crippen LogP contribution in [-0.2, 0) is 21.3 Å². The van der Waals surface area contributed by atoms with Crippen molar-refractivity contribution in [1.82, 2.24) is 14.2 Å². The summed E-state index contributed by atoms with van der Waals surface area (Å²) >= 11 is 7.65. The molecule has 0 unspecified atom stereocenters. The number of sulfonamides is 1. The molecule has 41 heavy (non-hydrogen) atoms. The Hall–Kier alpha value is -3.65. The molecule has 1 aliphatic heterocycles. The molecule has 0 atom stereocenters. The molecule has 0 N–H and O–H groups in total. The zero-order chi connectivity index (χ0) is 29.1. The molecular weight excluding hydrogens is 592 g/mol. The van der Waals surface area contributed by atoms with Crippen molar-refractivity contribution in [2.45, 2.75) is 18.4 Å². The quantitative estimate of drug-likeness (QED) is 0.274. The van der Waals surface area contributed by atoms with Crippen LogP contribution in [0.4, 0.5) is 9.93 Å². The minimum Gasteiger partial charge on any atom is -0.494 e. The number of hydrogen-bond acceptors (Lipinski definition) is 9. The summed E-state index contributed by atoms with van der Waals surface area (Å²) in [5, 5.41) is 0.858. The Morgan fingerprint density at radius 3 is 2.46 bits per heavy atom. The van der Waals surface area contributed by atoms with Crippen molar-refractivity contribution in [2.24, 2.45) is 0 Å². The Labute approximate surface area is 245 Å². The Bertz CT molecular complexity index is 1650. The van der Waals surface area contributed by atoms with E-state index in [1.807, 2.05) is 0 Å². The lowest BCUT2D eigenvalue weighted by Crippen LogP contribution is -2.50. The first-order valence-corrected chi connectivity index (χ1v) is 15.4. The number of carbonyl (C=O) groups is 2. The van der Waals surface area contributed by atoms with Gasteiger partial charge in [-0.1, -0.05) is 22.9 Å². The van der Waals surface area contributed by atoms with Crippen LogP contribution >= 0.6 is 22.9 Å². The number of furan rings is 1. The van der Waals surface area contributed by atoms with E-state index in [1.54, 1.807) is 31.2 Å². The molecule has 0 saturated carbocycles. The number of hydrogen-bond donors (Lipinski definition) is 0. The molecular formula is C27H27ClN4O7S2. The first-order chi connectivity index (χ1) is 19.7. The van der Waals surface area contributed by atoms with E-state index in [0.29, 0.717) is 31.9 Å². The van der Waals surface area contributed by atoms with E-state index in [2.05, 4.69) is 4.98 Å². The van der Waals surface area contributed by atoms with Crippen LogP contribution < -0.4 is 9.64 Å². The summed E-state index contributed by atoms with van der Waals surface area (Å²) in [6.07, 6.45) is 1.06. The first kappa shape index (κ1) is 28.9. The minimum atomic E-state index is -3.83. The largest absolute Gasteiger partial charge is 0.494 e. The van der Waals surface area contributed by atoms with Crippen LogP contribution in [0.2, 0.25) is 5.02 Å². The predicted octanol–water partition coefficient (Wildman–Crippen LogP) is 4.86. The molecule has 2 aromatic carbocycles. The van der Waals surface area contributed by atoms with E-state index in [-0.39, 0.29) is 49.8 Å². The third-order valence-corrected chi connectivity index (χ3v) is 9.99. The lowest BCUT2D eigenvalue weighted by atomic mass is 10.2. The van der Waals surface area contributed by atoms with Crippen LogP contribution in [0.15, 0.2) is 64.1 Å². The van der Waals surface area contributed by atoms with Gasteiger partial charge in [0.25, 0.3) is 5.91 Å². The van der Waals surface area contributed by atoms with Gasteiger partial charge in [0, 0.05) is 31.7 Å². The van der Waals surface area contributed by atoms with Crippen molar-refractivity contribution in [3.63, 3.8) is 0 Å². The second-order valence-corrected chi connectivity index (χ2v) is 12.3. The number of halogens is 1. The molecule has 14 heteroatoms. The zero-order valence-corrected chi connectivity index (χ0v) is 24.7. The highest BCUT2D eigenvalue weighted by Gasteiger charge is 2.31. The fourth-order valence-corrected chi connectivity index (χ4v) is 7.08. The number of benzene rings is 2. The van der Waals surface area contributed by atoms with Crippen molar-refractivity contribution >= 4 is 60.3 Å². The van der Waals surface area contributed by atoms with E-state index >= 15 is 0 Å². The topological polar surface area (TPSA) is 122 Å². The summed E-state index contributed by atoms with van der Waals surface area (Å²) in [7, 11) is -2.30. The first-order valence-electron chi connectivity index (χ1n) is 12.7. The van der Waals surface area contributed by atoms with Crippen LogP contribution in [0, 0.1) is 0 Å². The number of nitrogens with zero attached hydrogens (tertiary/aromatic N) is 4. The summed E-state index contributed by atoms with van der Waals surface area (Å²) < 4.78 is 44.5. The number of ether oxygens (including phenoxy) is 2. The Kier molecular flexibility index (Phi) is 8.50. The zero-order valence-electron chi connectivity index (χ0n) is 22.3. The fourth-order valence-electron chi connectivity index (χ4n) is 4.41. The normalized spacial score (nSPS) is 14.3. The third kappa shape index (κ3) is 5.89. The average Bonchev–Trinajstić information content (AvgIpc) is 3.67. The minimum absolute atomic E-state index is 0.0488. The maximum Gasteiger partial charge on any atom is 0.409 e. The van der Waals surface area contributed by atoms with Gasteiger partial charge in [0.2, 0.25) is 10.0 Å². The summed E-state index contributed by atoms with van der Waals surface area (Å²) in [4.78, 5) is 33.4. The van der Waals surface area contributed by atoms with Gasteiger partial charge in [-0.25, -0.2) is 18.2 Å². The maximum absolute atomic E-state index is 13.8. The molecule has 11 nitrogen and oxygen atoms in total. The fraction of sp³-hybridized carbons (Fsp3) is 0.296. The van der Waals surface area contributed by atoms with E-state index in [0.717, 1.165) is 0 Å². The standard InChI is InChI=1S/C27H27ClN4O7S2/c1-3-38-27(34)30-12-14-31(15-13-30)41(35,36)20-8-6-18(7-9-20)25(33)32(17-19-5-4-16-39-19)26-29-23-22(37-2)11-10-21(28)24(23)40-26/h4-11,16H,3,12-15,17H2,1-2H3. The molecule has 0 bridgehead atoms. The summed E-state index contributed by atoms with van der Waals surface area (Å²) in [6.45, 7) is 2.80. The second-order valence-electron chi connectivity index (χ2n) is 9.01. The summed E-state index contributed by atoms with van der Waals surface area (Å²) in [5.74, 6) is 0.661. The van der Waals surface area contributed by atoms with Gasteiger partial charge in [0.1, 0.15) is 17.0 Å². The SMILES string of the molecule is CCOC(=O)N1CCN(S(=O)(=O)c2ccc(C(=O)N(Cc3ccco3)c3nc4c(OC)ccc(Cl)c4s3)cc2)CC1. The Morgan fingerprint density at radius 1 is 1.10 bits per heavy atom. The van der Waals surface area contributed by atoms with Gasteiger partial charge in [-0.15, -0.1) is 0 Å². The monoisotopic (exact) mass is 618 g/mol. The van der Waals surface area contributed by atoms with Crippen molar-refractivity contribution in [3.8, 4) is 5.75 Å². The summed E-state index contributed by atoms with van der Waals surface area (Å²) in [5.41, 5.74) is 0.793. The molecule has 1 aliphatic rings. The Balaban J connectivity index is 1.39. The van der Waals surface area contributed by atoms with Gasteiger partial charge < -0.3 is 18.8 Å². The molecule has 216 valence electrons. The summed E-state index contributed by atoms with van der Waals surface area (Å²) in [6, 6.07) is 12.6. The molecule has 5 rings (SSSR count). The number of rotatable bonds is 8. The van der Waals surface area contributed by atoms with Gasteiger partial charge in [0.05, 0.1) is 41.1 Å². The Morgan fingerprint density at radius 2 is 1.83 bits per heavy atom. The van der Waals surface area contributed by atoms with Gasteiger partial charge >= 0.3 is 6.09 Å². The highest BCUT2D eigenvalue weighted by Crippen LogP contribution is 2.39. The van der Waals surface area contributed by atoms with E-state index in [4.69, 9.17) is 25.5 Å². The van der Waals surface area contributed by atoms with Gasteiger partial charge in [-0.3, -0.25) is 9.69 Å². The number of aromatic nitrogens is 1. The number of anilines is 1. The van der Waals surface area contributed by atoms with Crippen LogP contribution in [0.1, 0.15) is 23.0 Å². The molecule has 0 aliphatic carbocycles. The molecule has 0 radical (unpaired) electrons. The lowest BCUT2D eigenvalue weighted by molar-refractivity contribution is 0.0933. The van der Waals surface area contributed by atoms with Crippen molar-refractivity contribution in [3.05, 3.63) is 71.1 Å².